The Hall–Kier alpha value is -0.870. The van der Waals surface area contributed by atoms with Gasteiger partial charge in [-0.05, 0) is 12.0 Å². The Kier molecular flexibility index (Phi) is 5.82. The zero-order valence-corrected chi connectivity index (χ0v) is 12.4. The molecule has 0 aliphatic rings. The highest BCUT2D eigenvalue weighted by atomic mass is 32.2. The van der Waals surface area contributed by atoms with Crippen LogP contribution in [0.25, 0.3) is 0 Å². The Morgan fingerprint density at radius 2 is 1.89 bits per heavy atom. The third-order valence-corrected chi connectivity index (χ3v) is 5.30. The van der Waals surface area contributed by atoms with Crippen LogP contribution >= 0.6 is 0 Å². The molecule has 0 bridgehead atoms. The summed E-state index contributed by atoms with van der Waals surface area (Å²) in [7, 11) is 0.708. The lowest BCUT2D eigenvalue weighted by molar-refractivity contribution is 0.407. The van der Waals surface area contributed by atoms with Crippen molar-refractivity contribution in [2.75, 3.05) is 12.9 Å². The summed E-state index contributed by atoms with van der Waals surface area (Å²) >= 11 is 0. The fraction of sp³-hybridized carbons (Fsp3) is 0.571. The molecule has 0 spiro atoms. The Morgan fingerprint density at radius 3 is 2.44 bits per heavy atom. The lowest BCUT2D eigenvalue weighted by Gasteiger charge is -2.19. The van der Waals surface area contributed by atoms with Gasteiger partial charge in [0.05, 0.1) is 7.11 Å². The molecule has 102 valence electrons. The molecule has 18 heavy (non-hydrogen) atoms. The number of nitrogens with two attached hydrogens (primary N) is 1. The summed E-state index contributed by atoms with van der Waals surface area (Å²) in [6.07, 6.45) is 0. The standard InChI is InChI=1S/C14H23NO2S/c1-10(2)11(3)18(16)9-13(15)12-7-5-6-8-14(12)17-4/h5-8,10-11,13H,9,15H2,1-4H3. The number of ether oxygens (including phenoxy) is 1. The predicted molar refractivity (Wildman–Crippen MR) is 77.2 cm³/mol. The molecular formula is C14H23NO2S. The van der Waals surface area contributed by atoms with Crippen molar-refractivity contribution in [1.29, 1.82) is 0 Å². The highest BCUT2D eigenvalue weighted by Crippen LogP contribution is 2.24. The monoisotopic (exact) mass is 269 g/mol. The van der Waals surface area contributed by atoms with Crippen LogP contribution in [0.3, 0.4) is 0 Å². The summed E-state index contributed by atoms with van der Waals surface area (Å²) in [6.45, 7) is 6.17. The topological polar surface area (TPSA) is 52.3 Å². The van der Waals surface area contributed by atoms with E-state index in [4.69, 9.17) is 10.5 Å². The van der Waals surface area contributed by atoms with E-state index in [1.54, 1.807) is 7.11 Å². The Morgan fingerprint density at radius 1 is 1.28 bits per heavy atom. The van der Waals surface area contributed by atoms with Crippen molar-refractivity contribution in [2.24, 2.45) is 11.7 Å². The van der Waals surface area contributed by atoms with E-state index in [-0.39, 0.29) is 11.3 Å². The quantitative estimate of drug-likeness (QED) is 0.863. The maximum atomic E-state index is 12.2. The van der Waals surface area contributed by atoms with Crippen molar-refractivity contribution in [3.63, 3.8) is 0 Å². The molecule has 1 aromatic carbocycles. The summed E-state index contributed by atoms with van der Waals surface area (Å²) in [5.74, 6) is 1.63. The van der Waals surface area contributed by atoms with Gasteiger partial charge < -0.3 is 10.5 Å². The first kappa shape index (κ1) is 15.2. The van der Waals surface area contributed by atoms with E-state index in [2.05, 4.69) is 13.8 Å². The van der Waals surface area contributed by atoms with Gasteiger partial charge in [-0.25, -0.2) is 0 Å². The second kappa shape index (κ2) is 6.90. The Labute approximate surface area is 112 Å². The van der Waals surface area contributed by atoms with Crippen LogP contribution < -0.4 is 10.5 Å². The van der Waals surface area contributed by atoms with Crippen molar-refractivity contribution in [2.45, 2.75) is 32.1 Å². The van der Waals surface area contributed by atoms with Crippen LogP contribution in [-0.2, 0) is 10.8 Å². The Balaban J connectivity index is 2.76. The van der Waals surface area contributed by atoms with Gasteiger partial charge in [0.2, 0.25) is 0 Å². The van der Waals surface area contributed by atoms with Crippen LogP contribution in [0.4, 0.5) is 0 Å². The third kappa shape index (κ3) is 3.82. The van der Waals surface area contributed by atoms with Gasteiger partial charge in [0, 0.05) is 33.4 Å². The minimum Gasteiger partial charge on any atom is -0.496 e. The summed E-state index contributed by atoms with van der Waals surface area (Å²) in [6, 6.07) is 7.39. The van der Waals surface area contributed by atoms with E-state index in [0.29, 0.717) is 11.7 Å². The lowest BCUT2D eigenvalue weighted by atomic mass is 10.1. The van der Waals surface area contributed by atoms with Crippen molar-refractivity contribution in [1.82, 2.24) is 0 Å². The van der Waals surface area contributed by atoms with Gasteiger partial charge in [-0.2, -0.15) is 0 Å². The first-order valence-corrected chi connectivity index (χ1v) is 7.61. The van der Waals surface area contributed by atoms with E-state index in [1.807, 2.05) is 31.2 Å². The summed E-state index contributed by atoms with van der Waals surface area (Å²) < 4.78 is 17.4. The van der Waals surface area contributed by atoms with Crippen LogP contribution in [-0.4, -0.2) is 22.3 Å². The van der Waals surface area contributed by atoms with E-state index in [9.17, 15) is 4.21 Å². The van der Waals surface area contributed by atoms with Crippen LogP contribution in [0.5, 0.6) is 5.75 Å². The Bertz CT molecular complexity index is 407. The molecule has 0 radical (unpaired) electrons. The minimum absolute atomic E-state index is 0.158. The summed E-state index contributed by atoms with van der Waals surface area (Å²) in [4.78, 5) is 0. The molecule has 0 saturated carbocycles. The molecule has 0 fully saturated rings. The van der Waals surface area contributed by atoms with E-state index in [1.165, 1.54) is 0 Å². The number of benzene rings is 1. The molecule has 4 heteroatoms. The highest BCUT2D eigenvalue weighted by Gasteiger charge is 2.20. The number of rotatable bonds is 6. The van der Waals surface area contributed by atoms with Crippen LogP contribution in [0, 0.1) is 5.92 Å². The smallest absolute Gasteiger partial charge is 0.123 e. The average Bonchev–Trinajstić information content (AvgIpc) is 2.37. The van der Waals surface area contributed by atoms with Crippen LogP contribution in [0.2, 0.25) is 0 Å². The molecule has 0 aromatic heterocycles. The first-order chi connectivity index (χ1) is 8.47. The highest BCUT2D eigenvalue weighted by molar-refractivity contribution is 7.85. The SMILES string of the molecule is COc1ccccc1C(N)CS(=O)C(C)C(C)C. The van der Waals surface area contributed by atoms with Gasteiger partial charge in [0.1, 0.15) is 5.75 Å². The lowest BCUT2D eigenvalue weighted by Crippen LogP contribution is -2.26. The molecule has 1 aromatic rings. The molecular weight excluding hydrogens is 246 g/mol. The molecule has 0 saturated heterocycles. The number of hydrogen-bond donors (Lipinski definition) is 1. The van der Waals surface area contributed by atoms with Crippen molar-refractivity contribution >= 4 is 10.8 Å². The van der Waals surface area contributed by atoms with Crippen LogP contribution in [0.15, 0.2) is 24.3 Å². The van der Waals surface area contributed by atoms with Gasteiger partial charge in [-0.1, -0.05) is 39.0 Å². The molecule has 3 nitrogen and oxygen atoms in total. The number of para-hydroxylation sites is 1. The van der Waals surface area contributed by atoms with E-state index >= 15 is 0 Å². The predicted octanol–water partition coefficient (Wildman–Crippen LogP) is 2.49. The van der Waals surface area contributed by atoms with Gasteiger partial charge in [-0.15, -0.1) is 0 Å². The van der Waals surface area contributed by atoms with Gasteiger partial charge >= 0.3 is 0 Å². The normalized spacial score (nSPS) is 16.3. The molecule has 0 heterocycles. The third-order valence-electron chi connectivity index (χ3n) is 3.24. The second-order valence-corrected chi connectivity index (χ2v) is 6.68. The fourth-order valence-electron chi connectivity index (χ4n) is 1.69. The minimum atomic E-state index is -0.916. The maximum Gasteiger partial charge on any atom is 0.123 e. The summed E-state index contributed by atoms with van der Waals surface area (Å²) in [5.41, 5.74) is 7.06. The fourth-order valence-corrected chi connectivity index (χ4v) is 3.14. The van der Waals surface area contributed by atoms with Gasteiger partial charge in [-0.3, -0.25) is 4.21 Å². The number of methoxy groups -OCH3 is 1. The van der Waals surface area contributed by atoms with Crippen molar-refractivity contribution < 1.29 is 8.95 Å². The zero-order chi connectivity index (χ0) is 13.7. The van der Waals surface area contributed by atoms with Gasteiger partial charge in [0.25, 0.3) is 0 Å². The molecule has 0 aliphatic heterocycles. The van der Waals surface area contributed by atoms with Crippen LogP contribution in [0.1, 0.15) is 32.4 Å². The maximum absolute atomic E-state index is 12.2. The molecule has 2 N–H and O–H groups in total. The second-order valence-electron chi connectivity index (χ2n) is 4.84. The molecule has 3 atom stereocenters. The average molecular weight is 269 g/mol. The van der Waals surface area contributed by atoms with Crippen molar-refractivity contribution in [3.05, 3.63) is 29.8 Å². The number of hydrogen-bond acceptors (Lipinski definition) is 3. The molecule has 3 unspecified atom stereocenters. The van der Waals surface area contributed by atoms with E-state index in [0.717, 1.165) is 11.3 Å². The zero-order valence-electron chi connectivity index (χ0n) is 11.6. The first-order valence-electron chi connectivity index (χ1n) is 6.23. The molecule has 1 rings (SSSR count). The largest absolute Gasteiger partial charge is 0.496 e. The molecule has 0 amide bonds. The van der Waals surface area contributed by atoms with Gasteiger partial charge in [0.15, 0.2) is 0 Å². The summed E-state index contributed by atoms with van der Waals surface area (Å²) in [5, 5.41) is 0.158. The van der Waals surface area contributed by atoms with E-state index < -0.39 is 10.8 Å². The van der Waals surface area contributed by atoms with Crippen molar-refractivity contribution in [3.8, 4) is 5.75 Å². The molecule has 0 aliphatic carbocycles.